The van der Waals surface area contributed by atoms with Gasteiger partial charge >= 0.3 is 6.03 Å². The van der Waals surface area contributed by atoms with Gasteiger partial charge in [-0.05, 0) is 49.3 Å². The molecule has 4 heterocycles. The number of likely N-dealkylation sites (tertiary alicyclic amines) is 1. The van der Waals surface area contributed by atoms with Crippen LogP contribution in [0.5, 0.6) is 0 Å². The molecule has 0 radical (unpaired) electrons. The summed E-state index contributed by atoms with van der Waals surface area (Å²) in [5.41, 5.74) is 1.37. The number of hydrogen-bond acceptors (Lipinski definition) is 4. The second-order valence-corrected chi connectivity index (χ2v) is 8.76. The average molecular weight is 409 g/mol. The Hall–Kier alpha value is -2.90. The van der Waals surface area contributed by atoms with E-state index >= 15 is 0 Å². The summed E-state index contributed by atoms with van der Waals surface area (Å²) in [4.78, 5) is 48.7. The summed E-state index contributed by atoms with van der Waals surface area (Å²) >= 11 is 0. The number of urea groups is 1. The van der Waals surface area contributed by atoms with Crippen LogP contribution in [0.15, 0.2) is 24.5 Å². The van der Waals surface area contributed by atoms with Gasteiger partial charge in [-0.1, -0.05) is 19.3 Å². The summed E-state index contributed by atoms with van der Waals surface area (Å²) in [5, 5.41) is 4.02. The first-order valence-electron chi connectivity index (χ1n) is 10.9. The van der Waals surface area contributed by atoms with Crippen LogP contribution < -0.4 is 5.32 Å². The molecule has 0 aromatic carbocycles. The highest BCUT2D eigenvalue weighted by Gasteiger charge is 2.51. The summed E-state index contributed by atoms with van der Waals surface area (Å²) in [6, 6.07) is 3.59. The van der Waals surface area contributed by atoms with Gasteiger partial charge in [0, 0.05) is 30.9 Å². The molecule has 5 rings (SSSR count). The molecule has 158 valence electrons. The number of fused-ring (bicyclic) bond motifs is 1. The number of imide groups is 1. The third kappa shape index (κ3) is 3.14. The fourth-order valence-electron chi connectivity index (χ4n) is 5.30. The maximum Gasteiger partial charge on any atom is 0.325 e. The number of H-pyrrole nitrogens is 1. The van der Waals surface area contributed by atoms with Crippen LogP contribution in [0.2, 0.25) is 0 Å². The summed E-state index contributed by atoms with van der Waals surface area (Å²) in [7, 11) is 0. The van der Waals surface area contributed by atoms with Gasteiger partial charge in [-0.15, -0.1) is 0 Å². The topological polar surface area (TPSA) is 98.4 Å². The minimum Gasteiger partial charge on any atom is -0.346 e. The highest BCUT2D eigenvalue weighted by Crippen LogP contribution is 2.35. The first-order valence-corrected chi connectivity index (χ1v) is 10.9. The number of carbonyl (C=O) groups excluding carboxylic acids is 3. The molecular formula is C22H27N5O3. The number of rotatable bonds is 3. The van der Waals surface area contributed by atoms with Crippen LogP contribution in [0.3, 0.4) is 0 Å². The number of pyridine rings is 1. The highest BCUT2D eigenvalue weighted by atomic mass is 16.2. The maximum absolute atomic E-state index is 12.9. The van der Waals surface area contributed by atoms with Gasteiger partial charge in [0.1, 0.15) is 17.7 Å². The quantitative estimate of drug-likeness (QED) is 0.761. The van der Waals surface area contributed by atoms with Crippen LogP contribution in [0.1, 0.15) is 56.4 Å². The molecule has 2 aromatic heterocycles. The van der Waals surface area contributed by atoms with Gasteiger partial charge in [0.25, 0.3) is 5.91 Å². The summed E-state index contributed by atoms with van der Waals surface area (Å²) in [5.74, 6) is 0.00126. The minimum absolute atomic E-state index is 0.148. The Morgan fingerprint density at radius 1 is 1.17 bits per heavy atom. The Labute approximate surface area is 175 Å². The zero-order valence-corrected chi connectivity index (χ0v) is 17.0. The molecule has 4 amide bonds. The summed E-state index contributed by atoms with van der Waals surface area (Å²) in [6.45, 7) is 1.10. The van der Waals surface area contributed by atoms with Crippen molar-refractivity contribution in [3.05, 3.63) is 30.1 Å². The lowest BCUT2D eigenvalue weighted by Gasteiger charge is -2.33. The number of hydrogen-bond donors (Lipinski definition) is 2. The first kappa shape index (κ1) is 19.1. The number of piperidine rings is 1. The number of aromatic nitrogens is 2. The van der Waals surface area contributed by atoms with Crippen molar-refractivity contribution < 1.29 is 14.4 Å². The molecule has 2 N–H and O–H groups in total. The van der Waals surface area contributed by atoms with Crippen LogP contribution in [-0.4, -0.2) is 62.8 Å². The van der Waals surface area contributed by atoms with Crippen LogP contribution >= 0.6 is 0 Å². The van der Waals surface area contributed by atoms with Gasteiger partial charge in [-0.25, -0.2) is 9.78 Å². The molecule has 2 saturated heterocycles. The van der Waals surface area contributed by atoms with Crippen molar-refractivity contribution in [2.45, 2.75) is 56.4 Å². The van der Waals surface area contributed by atoms with E-state index in [1.54, 1.807) is 11.1 Å². The fraction of sp³-hybridized carbons (Fsp3) is 0.545. The SMILES string of the molecule is O=C(CN1C(=O)NC2(CCCCC2)C1=O)N1CCC(c2c[nH]c3ncccc23)CC1. The third-order valence-corrected chi connectivity index (χ3v) is 7.02. The molecule has 0 atom stereocenters. The van der Waals surface area contributed by atoms with Crippen molar-refractivity contribution in [3.8, 4) is 0 Å². The van der Waals surface area contributed by atoms with E-state index in [0.717, 1.165) is 48.0 Å². The summed E-state index contributed by atoms with van der Waals surface area (Å²) < 4.78 is 0. The lowest BCUT2D eigenvalue weighted by Crippen LogP contribution is -2.49. The van der Waals surface area contributed by atoms with Crippen molar-refractivity contribution in [3.63, 3.8) is 0 Å². The fourth-order valence-corrected chi connectivity index (χ4v) is 5.30. The first-order chi connectivity index (χ1) is 14.6. The van der Waals surface area contributed by atoms with Gasteiger partial charge in [-0.3, -0.25) is 14.5 Å². The second-order valence-electron chi connectivity index (χ2n) is 8.76. The van der Waals surface area contributed by atoms with Crippen molar-refractivity contribution in [2.75, 3.05) is 19.6 Å². The predicted octanol–water partition coefficient (Wildman–Crippen LogP) is 2.52. The van der Waals surface area contributed by atoms with Gasteiger partial charge in [0.15, 0.2) is 0 Å². The zero-order chi connectivity index (χ0) is 20.7. The Balaban J connectivity index is 1.21. The van der Waals surface area contributed by atoms with Crippen LogP contribution in [0.4, 0.5) is 4.79 Å². The predicted molar refractivity (Wildman–Crippen MR) is 111 cm³/mol. The van der Waals surface area contributed by atoms with E-state index in [0.29, 0.717) is 31.8 Å². The smallest absolute Gasteiger partial charge is 0.325 e. The van der Waals surface area contributed by atoms with Crippen molar-refractivity contribution >= 4 is 28.9 Å². The number of amides is 4. The van der Waals surface area contributed by atoms with Gasteiger partial charge in [-0.2, -0.15) is 0 Å². The van der Waals surface area contributed by atoms with E-state index in [1.807, 2.05) is 12.3 Å². The lowest BCUT2D eigenvalue weighted by molar-refractivity contribution is -0.140. The Kier molecular flexibility index (Phi) is 4.72. The molecule has 1 spiro atoms. The van der Waals surface area contributed by atoms with Crippen LogP contribution in [-0.2, 0) is 9.59 Å². The molecule has 1 saturated carbocycles. The van der Waals surface area contributed by atoms with E-state index in [4.69, 9.17) is 0 Å². The molecule has 1 aliphatic carbocycles. The number of nitrogens with one attached hydrogen (secondary N) is 2. The molecule has 0 unspecified atom stereocenters. The summed E-state index contributed by atoms with van der Waals surface area (Å²) in [6.07, 6.45) is 9.82. The molecule has 8 nitrogen and oxygen atoms in total. The number of nitrogens with zero attached hydrogens (tertiary/aromatic N) is 3. The monoisotopic (exact) mass is 409 g/mol. The van der Waals surface area contributed by atoms with Gasteiger partial charge < -0.3 is 15.2 Å². The van der Waals surface area contributed by atoms with Crippen molar-refractivity contribution in [1.29, 1.82) is 0 Å². The van der Waals surface area contributed by atoms with Gasteiger partial charge in [0.2, 0.25) is 5.91 Å². The normalized spacial score (nSPS) is 22.1. The van der Waals surface area contributed by atoms with E-state index < -0.39 is 11.6 Å². The molecular weight excluding hydrogens is 382 g/mol. The van der Waals surface area contributed by atoms with Crippen molar-refractivity contribution in [2.24, 2.45) is 0 Å². The maximum atomic E-state index is 12.9. The average Bonchev–Trinajstić information content (AvgIpc) is 3.30. The molecule has 2 aliphatic heterocycles. The van der Waals surface area contributed by atoms with Crippen LogP contribution in [0.25, 0.3) is 11.0 Å². The number of carbonyl (C=O) groups is 3. The second kappa shape index (κ2) is 7.41. The molecule has 3 aliphatic rings. The van der Waals surface area contributed by atoms with E-state index in [9.17, 15) is 14.4 Å². The highest BCUT2D eigenvalue weighted by molar-refractivity contribution is 6.09. The zero-order valence-electron chi connectivity index (χ0n) is 17.0. The largest absolute Gasteiger partial charge is 0.346 e. The van der Waals surface area contributed by atoms with Crippen molar-refractivity contribution in [1.82, 2.24) is 25.1 Å². The Morgan fingerprint density at radius 3 is 2.70 bits per heavy atom. The van der Waals surface area contributed by atoms with E-state index in [2.05, 4.69) is 21.4 Å². The van der Waals surface area contributed by atoms with Crippen LogP contribution in [0, 0.1) is 0 Å². The molecule has 8 heteroatoms. The van der Waals surface area contributed by atoms with E-state index in [1.165, 1.54) is 5.56 Å². The molecule has 30 heavy (non-hydrogen) atoms. The number of aromatic amines is 1. The third-order valence-electron chi connectivity index (χ3n) is 7.02. The lowest BCUT2D eigenvalue weighted by atomic mass is 9.82. The van der Waals surface area contributed by atoms with E-state index in [-0.39, 0.29) is 18.4 Å². The minimum atomic E-state index is -0.772. The Morgan fingerprint density at radius 2 is 1.93 bits per heavy atom. The Bertz CT molecular complexity index is 986. The standard InChI is InChI=1S/C22H27N5O3/c28-18(14-27-20(29)22(25-21(27)30)8-2-1-3-9-22)26-11-6-15(7-12-26)17-13-24-19-16(17)5-4-10-23-19/h4-5,10,13,15H,1-3,6-9,11-12,14H2,(H,23,24)(H,25,30). The molecule has 0 bridgehead atoms. The van der Waals surface area contributed by atoms with Gasteiger partial charge in [0.05, 0.1) is 0 Å². The molecule has 2 aromatic rings. The molecule has 3 fully saturated rings.